The topological polar surface area (TPSA) is 75.3 Å². The molecule has 0 saturated carbocycles. The van der Waals surface area contributed by atoms with Crippen LogP contribution in [0, 0.1) is 3.57 Å². The van der Waals surface area contributed by atoms with E-state index in [-0.39, 0.29) is 11.7 Å². The number of carbonyl (C=O) groups excluding carboxylic acids is 1. The molecular weight excluding hydrogens is 427 g/mol. The van der Waals surface area contributed by atoms with Crippen molar-refractivity contribution >= 4 is 38.5 Å². The van der Waals surface area contributed by atoms with Crippen molar-refractivity contribution in [2.75, 3.05) is 7.05 Å². The summed E-state index contributed by atoms with van der Waals surface area (Å²) in [6.45, 7) is 0.393. The molecule has 1 amide bonds. The van der Waals surface area contributed by atoms with E-state index in [1.807, 2.05) is 24.3 Å². The van der Waals surface area contributed by atoms with Crippen LogP contribution in [-0.4, -0.2) is 21.4 Å². The highest BCUT2D eigenvalue weighted by atomic mass is 127. The minimum atomic E-state index is -3.27. The molecule has 0 aliphatic carbocycles. The molecule has 0 aliphatic rings. The van der Waals surface area contributed by atoms with Crippen LogP contribution in [0.15, 0.2) is 48.5 Å². The predicted molar refractivity (Wildman–Crippen MR) is 98.5 cm³/mol. The largest absolute Gasteiger partial charge is 0.348 e. The van der Waals surface area contributed by atoms with Crippen LogP contribution in [0.5, 0.6) is 0 Å². The average Bonchev–Trinajstić information content (AvgIpc) is 2.54. The van der Waals surface area contributed by atoms with Gasteiger partial charge in [-0.15, -0.1) is 0 Å². The van der Waals surface area contributed by atoms with Gasteiger partial charge in [0.2, 0.25) is 10.0 Å². The van der Waals surface area contributed by atoms with Gasteiger partial charge in [-0.25, -0.2) is 13.1 Å². The Labute approximate surface area is 149 Å². The molecule has 0 bridgehead atoms. The van der Waals surface area contributed by atoms with Gasteiger partial charge in [-0.2, -0.15) is 0 Å². The van der Waals surface area contributed by atoms with Crippen LogP contribution in [0.3, 0.4) is 0 Å². The molecule has 0 spiro atoms. The molecule has 0 aromatic heterocycles. The van der Waals surface area contributed by atoms with Gasteiger partial charge in [-0.1, -0.05) is 24.3 Å². The normalized spacial score (nSPS) is 11.2. The van der Waals surface area contributed by atoms with E-state index in [1.54, 1.807) is 24.3 Å². The van der Waals surface area contributed by atoms with Crippen LogP contribution in [0.2, 0.25) is 0 Å². The molecule has 2 aromatic carbocycles. The fourth-order valence-corrected chi connectivity index (χ4v) is 3.07. The number of halogens is 1. The number of nitrogens with one attached hydrogen (secondary N) is 2. The summed E-state index contributed by atoms with van der Waals surface area (Å²) < 4.78 is 26.3. The molecule has 2 rings (SSSR count). The summed E-state index contributed by atoms with van der Waals surface area (Å²) >= 11 is 2.19. The zero-order chi connectivity index (χ0) is 16.9. The summed E-state index contributed by atoms with van der Waals surface area (Å²) in [5.41, 5.74) is 2.23. The quantitative estimate of drug-likeness (QED) is 0.672. The molecule has 0 atom stereocenters. The van der Waals surface area contributed by atoms with Crippen molar-refractivity contribution in [2.24, 2.45) is 0 Å². The number of carbonyl (C=O) groups is 1. The van der Waals surface area contributed by atoms with E-state index in [4.69, 9.17) is 0 Å². The Kier molecular flexibility index (Phi) is 6.14. The zero-order valence-electron chi connectivity index (χ0n) is 12.5. The summed E-state index contributed by atoms with van der Waals surface area (Å²) in [7, 11) is -1.88. The lowest BCUT2D eigenvalue weighted by Crippen LogP contribution is -2.23. The first kappa shape index (κ1) is 17.9. The van der Waals surface area contributed by atoms with Crippen LogP contribution in [0.25, 0.3) is 0 Å². The molecule has 7 heteroatoms. The Morgan fingerprint density at radius 1 is 1.00 bits per heavy atom. The molecule has 0 fully saturated rings. The number of hydrogen-bond acceptors (Lipinski definition) is 3. The standard InChI is InChI=1S/C16H17IN2O3S/c1-18-23(21,22)11-13-4-2-12(3-5-13)10-19-16(20)14-6-8-15(17)9-7-14/h2-9,18H,10-11H2,1H3,(H,19,20). The molecule has 2 N–H and O–H groups in total. The van der Waals surface area contributed by atoms with E-state index in [9.17, 15) is 13.2 Å². The summed E-state index contributed by atoms with van der Waals surface area (Å²) in [6, 6.07) is 14.5. The van der Waals surface area contributed by atoms with Crippen molar-refractivity contribution in [3.05, 3.63) is 68.8 Å². The van der Waals surface area contributed by atoms with Gasteiger partial charge >= 0.3 is 0 Å². The molecule has 0 aliphatic heterocycles. The number of sulfonamides is 1. The molecule has 122 valence electrons. The maximum atomic E-state index is 12.0. The van der Waals surface area contributed by atoms with Crippen molar-refractivity contribution < 1.29 is 13.2 Å². The highest BCUT2D eigenvalue weighted by Crippen LogP contribution is 2.09. The first-order valence-corrected chi connectivity index (χ1v) is 9.65. The van der Waals surface area contributed by atoms with E-state index >= 15 is 0 Å². The second-order valence-electron chi connectivity index (χ2n) is 4.97. The summed E-state index contributed by atoms with van der Waals surface area (Å²) in [5.74, 6) is -0.193. The van der Waals surface area contributed by atoms with Crippen LogP contribution in [-0.2, 0) is 22.3 Å². The van der Waals surface area contributed by atoms with Gasteiger partial charge in [-0.3, -0.25) is 4.79 Å². The maximum absolute atomic E-state index is 12.0. The summed E-state index contributed by atoms with van der Waals surface area (Å²) in [6.07, 6.45) is 0. The smallest absolute Gasteiger partial charge is 0.251 e. The van der Waals surface area contributed by atoms with Gasteiger partial charge < -0.3 is 5.32 Å². The number of hydrogen-bond donors (Lipinski definition) is 2. The Morgan fingerprint density at radius 3 is 2.13 bits per heavy atom. The highest BCUT2D eigenvalue weighted by Gasteiger charge is 2.09. The van der Waals surface area contributed by atoms with Gasteiger partial charge in [0.1, 0.15) is 0 Å². The van der Waals surface area contributed by atoms with Crippen molar-refractivity contribution in [2.45, 2.75) is 12.3 Å². The van der Waals surface area contributed by atoms with Crippen molar-refractivity contribution in [1.82, 2.24) is 10.0 Å². The summed E-state index contributed by atoms with van der Waals surface area (Å²) in [4.78, 5) is 12.0. The lowest BCUT2D eigenvalue weighted by Gasteiger charge is -2.07. The van der Waals surface area contributed by atoms with E-state index in [0.29, 0.717) is 17.7 Å². The number of amides is 1. The Balaban J connectivity index is 1.93. The Morgan fingerprint density at radius 2 is 1.57 bits per heavy atom. The van der Waals surface area contributed by atoms with Crippen LogP contribution >= 0.6 is 22.6 Å². The van der Waals surface area contributed by atoms with Gasteiger partial charge in [0.05, 0.1) is 5.75 Å². The molecule has 0 unspecified atom stereocenters. The minimum absolute atomic E-state index is 0.0568. The zero-order valence-corrected chi connectivity index (χ0v) is 15.5. The third-order valence-corrected chi connectivity index (χ3v) is 5.30. The fourth-order valence-electron chi connectivity index (χ4n) is 1.93. The fraction of sp³-hybridized carbons (Fsp3) is 0.188. The van der Waals surface area contributed by atoms with Crippen molar-refractivity contribution in [3.63, 3.8) is 0 Å². The number of rotatable bonds is 6. The molecule has 23 heavy (non-hydrogen) atoms. The lowest BCUT2D eigenvalue weighted by atomic mass is 10.1. The van der Waals surface area contributed by atoms with Crippen LogP contribution in [0.1, 0.15) is 21.5 Å². The Bertz CT molecular complexity index is 772. The highest BCUT2D eigenvalue weighted by molar-refractivity contribution is 14.1. The van der Waals surface area contributed by atoms with Crippen LogP contribution in [0.4, 0.5) is 0 Å². The van der Waals surface area contributed by atoms with Crippen molar-refractivity contribution in [3.8, 4) is 0 Å². The average molecular weight is 444 g/mol. The second kappa shape index (κ2) is 7.89. The molecule has 0 heterocycles. The van der Waals surface area contributed by atoms with Gasteiger partial charge in [0.15, 0.2) is 0 Å². The van der Waals surface area contributed by atoms with Crippen LogP contribution < -0.4 is 10.0 Å². The van der Waals surface area contributed by atoms with E-state index < -0.39 is 10.0 Å². The molecule has 0 radical (unpaired) electrons. The predicted octanol–water partition coefficient (Wildman–Crippen LogP) is 2.27. The third kappa shape index (κ3) is 5.60. The monoisotopic (exact) mass is 444 g/mol. The minimum Gasteiger partial charge on any atom is -0.348 e. The van der Waals surface area contributed by atoms with E-state index in [0.717, 1.165) is 9.13 Å². The number of benzene rings is 2. The van der Waals surface area contributed by atoms with E-state index in [2.05, 4.69) is 32.6 Å². The maximum Gasteiger partial charge on any atom is 0.251 e. The molecule has 2 aromatic rings. The Hall–Kier alpha value is -1.45. The first-order chi connectivity index (χ1) is 10.9. The summed E-state index contributed by atoms with van der Waals surface area (Å²) in [5, 5.41) is 2.84. The molecule has 5 nitrogen and oxygen atoms in total. The second-order valence-corrected chi connectivity index (χ2v) is 8.14. The molecular formula is C16H17IN2O3S. The first-order valence-electron chi connectivity index (χ1n) is 6.92. The molecule has 0 saturated heterocycles. The van der Waals surface area contributed by atoms with Crippen molar-refractivity contribution in [1.29, 1.82) is 0 Å². The lowest BCUT2D eigenvalue weighted by molar-refractivity contribution is 0.0951. The van der Waals surface area contributed by atoms with Gasteiger partial charge in [0, 0.05) is 15.7 Å². The van der Waals surface area contributed by atoms with E-state index in [1.165, 1.54) is 7.05 Å². The third-order valence-electron chi connectivity index (χ3n) is 3.25. The van der Waals surface area contributed by atoms with Gasteiger partial charge in [0.25, 0.3) is 5.91 Å². The SMILES string of the molecule is CNS(=O)(=O)Cc1ccc(CNC(=O)c2ccc(I)cc2)cc1. The van der Waals surface area contributed by atoms with Gasteiger partial charge in [-0.05, 0) is 65.0 Å².